The Balaban J connectivity index is 1.45. The SMILES string of the molecule is O=C(O)[C@@H]1C2CCC(CC2)[C@@H]1C(=O)N1CCN(S(=O)(=O)c2ccc(Cl)s2)CC1. The van der Waals surface area contributed by atoms with Gasteiger partial charge in [-0.25, -0.2) is 8.42 Å². The summed E-state index contributed by atoms with van der Waals surface area (Å²) in [4.78, 5) is 26.6. The van der Waals surface area contributed by atoms with E-state index in [0.29, 0.717) is 4.34 Å². The minimum Gasteiger partial charge on any atom is -0.481 e. The Morgan fingerprint density at radius 2 is 1.57 bits per heavy atom. The first-order valence-electron chi connectivity index (χ1n) is 9.56. The molecule has 1 amide bonds. The molecule has 1 aromatic rings. The van der Waals surface area contributed by atoms with E-state index in [9.17, 15) is 23.1 Å². The minimum atomic E-state index is -3.61. The molecule has 0 spiro atoms. The number of halogens is 1. The van der Waals surface area contributed by atoms with Crippen LogP contribution in [0.4, 0.5) is 0 Å². The second-order valence-corrected chi connectivity index (χ2v) is 11.7. The minimum absolute atomic E-state index is 0.0849. The van der Waals surface area contributed by atoms with Gasteiger partial charge in [0.15, 0.2) is 0 Å². The third-order valence-corrected chi connectivity index (χ3v) is 10.1. The van der Waals surface area contributed by atoms with Crippen molar-refractivity contribution in [1.29, 1.82) is 0 Å². The molecule has 2 heterocycles. The van der Waals surface area contributed by atoms with Crippen LogP contribution in [-0.2, 0) is 19.6 Å². The van der Waals surface area contributed by atoms with Gasteiger partial charge in [-0.3, -0.25) is 9.59 Å². The number of carboxylic acid groups (broad SMARTS) is 1. The van der Waals surface area contributed by atoms with Crippen LogP contribution >= 0.6 is 22.9 Å². The monoisotopic (exact) mass is 446 g/mol. The van der Waals surface area contributed by atoms with Crippen molar-refractivity contribution >= 4 is 44.8 Å². The molecule has 3 saturated carbocycles. The van der Waals surface area contributed by atoms with Gasteiger partial charge in [-0.1, -0.05) is 11.6 Å². The van der Waals surface area contributed by atoms with Gasteiger partial charge in [0, 0.05) is 26.2 Å². The Bertz CT molecular complexity index is 870. The van der Waals surface area contributed by atoms with Crippen LogP contribution in [0.1, 0.15) is 25.7 Å². The number of hydrogen-bond donors (Lipinski definition) is 1. The number of aliphatic carboxylic acids is 1. The largest absolute Gasteiger partial charge is 0.481 e. The summed E-state index contributed by atoms with van der Waals surface area (Å²) < 4.78 is 27.4. The molecular formula is C18H23ClN2O5S2. The summed E-state index contributed by atoms with van der Waals surface area (Å²) in [5.74, 6) is -1.84. The summed E-state index contributed by atoms with van der Waals surface area (Å²) >= 11 is 6.88. The van der Waals surface area contributed by atoms with Gasteiger partial charge < -0.3 is 10.0 Å². The van der Waals surface area contributed by atoms with Crippen LogP contribution in [-0.4, -0.2) is 60.8 Å². The first-order valence-corrected chi connectivity index (χ1v) is 12.2. The predicted octanol–water partition coefficient (Wildman–Crippen LogP) is 2.37. The summed E-state index contributed by atoms with van der Waals surface area (Å²) in [5.41, 5.74) is 0. The summed E-state index contributed by atoms with van der Waals surface area (Å²) in [7, 11) is -3.61. The molecule has 1 aliphatic heterocycles. The molecule has 1 aromatic heterocycles. The average molecular weight is 447 g/mol. The standard InChI is InChI=1S/C18H23ClN2O5S2/c19-13-5-6-14(27-13)28(25,26)21-9-7-20(8-10-21)17(22)15-11-1-3-12(4-2-11)16(15)18(23)24/h5-6,11-12,15-16H,1-4,7-10H2,(H,23,24)/t11?,12?,15-,16+/m0/s1. The van der Waals surface area contributed by atoms with Crippen molar-refractivity contribution in [3.05, 3.63) is 16.5 Å². The lowest BCUT2D eigenvalue weighted by Gasteiger charge is -2.48. The lowest BCUT2D eigenvalue weighted by molar-refractivity contribution is -0.162. The van der Waals surface area contributed by atoms with Gasteiger partial charge in [0.1, 0.15) is 4.21 Å². The first kappa shape index (κ1) is 20.1. The zero-order chi connectivity index (χ0) is 20.1. The van der Waals surface area contributed by atoms with Crippen molar-refractivity contribution in [2.75, 3.05) is 26.2 Å². The van der Waals surface area contributed by atoms with Gasteiger partial charge in [-0.2, -0.15) is 4.31 Å². The zero-order valence-corrected chi connectivity index (χ0v) is 17.7. The summed E-state index contributed by atoms with van der Waals surface area (Å²) in [5, 5.41) is 9.69. The number of sulfonamides is 1. The number of fused-ring (bicyclic) bond motifs is 3. The smallest absolute Gasteiger partial charge is 0.307 e. The predicted molar refractivity (Wildman–Crippen MR) is 105 cm³/mol. The van der Waals surface area contributed by atoms with Crippen molar-refractivity contribution in [2.24, 2.45) is 23.7 Å². The first-order chi connectivity index (χ1) is 13.3. The molecule has 0 radical (unpaired) electrons. The molecular weight excluding hydrogens is 424 g/mol. The van der Waals surface area contributed by atoms with Crippen LogP contribution in [0.5, 0.6) is 0 Å². The van der Waals surface area contributed by atoms with Gasteiger partial charge in [0.05, 0.1) is 16.2 Å². The van der Waals surface area contributed by atoms with E-state index in [1.807, 2.05) is 0 Å². The summed E-state index contributed by atoms with van der Waals surface area (Å²) in [6, 6.07) is 3.05. The van der Waals surface area contributed by atoms with Crippen LogP contribution in [0.25, 0.3) is 0 Å². The van der Waals surface area contributed by atoms with Crippen LogP contribution in [0, 0.1) is 23.7 Å². The van der Waals surface area contributed by atoms with E-state index in [1.165, 1.54) is 10.4 Å². The average Bonchev–Trinajstić information content (AvgIpc) is 3.15. The lowest BCUT2D eigenvalue weighted by Crippen LogP contribution is -2.56. The molecule has 10 heteroatoms. The molecule has 2 atom stereocenters. The number of hydrogen-bond acceptors (Lipinski definition) is 5. The van der Waals surface area contributed by atoms with Crippen molar-refractivity contribution in [3.63, 3.8) is 0 Å². The molecule has 3 aliphatic carbocycles. The van der Waals surface area contributed by atoms with E-state index in [0.717, 1.165) is 37.0 Å². The number of carbonyl (C=O) groups is 2. The van der Waals surface area contributed by atoms with E-state index in [4.69, 9.17) is 11.6 Å². The number of piperazine rings is 1. The van der Waals surface area contributed by atoms with Crippen molar-refractivity contribution in [2.45, 2.75) is 29.9 Å². The van der Waals surface area contributed by atoms with Gasteiger partial charge in [0.2, 0.25) is 5.91 Å². The number of rotatable bonds is 4. The molecule has 28 heavy (non-hydrogen) atoms. The molecule has 4 aliphatic rings. The fourth-order valence-electron chi connectivity index (χ4n) is 5.08. The van der Waals surface area contributed by atoms with E-state index in [-0.39, 0.29) is 48.1 Å². The molecule has 1 saturated heterocycles. The van der Waals surface area contributed by atoms with Gasteiger partial charge in [-0.15, -0.1) is 11.3 Å². The van der Waals surface area contributed by atoms with Gasteiger partial charge in [-0.05, 0) is 49.7 Å². The number of nitrogens with zero attached hydrogens (tertiary/aromatic N) is 2. The molecule has 154 valence electrons. The highest BCUT2D eigenvalue weighted by atomic mass is 35.5. The summed E-state index contributed by atoms with van der Waals surface area (Å²) in [6.45, 7) is 0.999. The molecule has 5 rings (SSSR count). The Morgan fingerprint density at radius 3 is 2.07 bits per heavy atom. The van der Waals surface area contributed by atoms with Crippen LogP contribution in [0.2, 0.25) is 4.34 Å². The van der Waals surface area contributed by atoms with Gasteiger partial charge >= 0.3 is 5.97 Å². The molecule has 2 bridgehead atoms. The van der Waals surface area contributed by atoms with Crippen molar-refractivity contribution < 1.29 is 23.1 Å². The highest BCUT2D eigenvalue weighted by Crippen LogP contribution is 2.49. The number of carboxylic acids is 1. The molecule has 7 nitrogen and oxygen atoms in total. The second kappa shape index (κ2) is 7.59. The van der Waals surface area contributed by atoms with E-state index in [2.05, 4.69) is 0 Å². The Labute approximate surface area is 173 Å². The lowest BCUT2D eigenvalue weighted by atomic mass is 9.58. The van der Waals surface area contributed by atoms with Crippen LogP contribution in [0.3, 0.4) is 0 Å². The Hall–Kier alpha value is -1.16. The quantitative estimate of drug-likeness (QED) is 0.766. The molecule has 0 unspecified atom stereocenters. The maximum atomic E-state index is 13.2. The highest BCUT2D eigenvalue weighted by Gasteiger charge is 2.51. The maximum Gasteiger partial charge on any atom is 0.307 e. The summed E-state index contributed by atoms with van der Waals surface area (Å²) in [6.07, 6.45) is 3.61. The maximum absolute atomic E-state index is 13.2. The zero-order valence-electron chi connectivity index (χ0n) is 15.3. The van der Waals surface area contributed by atoms with Crippen LogP contribution < -0.4 is 0 Å². The highest BCUT2D eigenvalue weighted by molar-refractivity contribution is 7.91. The molecule has 0 aromatic carbocycles. The van der Waals surface area contributed by atoms with E-state index in [1.54, 1.807) is 11.0 Å². The van der Waals surface area contributed by atoms with Crippen molar-refractivity contribution in [3.8, 4) is 0 Å². The Kier molecular flexibility index (Phi) is 5.45. The van der Waals surface area contributed by atoms with Gasteiger partial charge in [0.25, 0.3) is 10.0 Å². The number of thiophene rings is 1. The fourth-order valence-corrected chi connectivity index (χ4v) is 8.14. The molecule has 1 N–H and O–H groups in total. The number of carbonyl (C=O) groups excluding carboxylic acids is 1. The Morgan fingerprint density at radius 1 is 1.00 bits per heavy atom. The molecule has 4 fully saturated rings. The fraction of sp³-hybridized carbons (Fsp3) is 0.667. The third-order valence-electron chi connectivity index (χ3n) is 6.48. The van der Waals surface area contributed by atoms with E-state index < -0.39 is 27.8 Å². The topological polar surface area (TPSA) is 95.0 Å². The normalized spacial score (nSPS) is 31.1. The third kappa shape index (κ3) is 3.46. The number of amides is 1. The second-order valence-electron chi connectivity index (χ2n) is 7.85. The van der Waals surface area contributed by atoms with Crippen molar-refractivity contribution in [1.82, 2.24) is 9.21 Å². The van der Waals surface area contributed by atoms with Crippen LogP contribution in [0.15, 0.2) is 16.3 Å². The van der Waals surface area contributed by atoms with E-state index >= 15 is 0 Å².